The molecule has 0 saturated carbocycles. The van der Waals surface area contributed by atoms with E-state index in [2.05, 4.69) is 10.4 Å². The fourth-order valence-electron chi connectivity index (χ4n) is 2.48. The van der Waals surface area contributed by atoms with Crippen LogP contribution < -0.4 is 10.5 Å². The van der Waals surface area contributed by atoms with Crippen LogP contribution in [0.5, 0.6) is 0 Å². The molecule has 1 heterocycles. The maximum Gasteiger partial charge on any atom is 0.251 e. The Bertz CT molecular complexity index is 856. The van der Waals surface area contributed by atoms with E-state index in [9.17, 15) is 13.2 Å². The molecular formula is C16H22N4O3S. The molecule has 1 amide bonds. The van der Waals surface area contributed by atoms with Gasteiger partial charge in [-0.15, -0.1) is 0 Å². The summed E-state index contributed by atoms with van der Waals surface area (Å²) in [6.45, 7) is 6.73. The number of nitrogens with one attached hydrogen (secondary N) is 1. The van der Waals surface area contributed by atoms with Crippen LogP contribution in [0, 0.1) is 20.8 Å². The fraction of sp³-hybridized carbons (Fsp3) is 0.375. The van der Waals surface area contributed by atoms with Crippen LogP contribution in [0.2, 0.25) is 0 Å². The third-order valence-corrected chi connectivity index (χ3v) is 4.75. The molecule has 24 heavy (non-hydrogen) atoms. The quantitative estimate of drug-likeness (QED) is 0.765. The molecule has 0 fully saturated rings. The zero-order chi connectivity index (χ0) is 17.9. The Hall–Kier alpha value is -2.19. The lowest BCUT2D eigenvalue weighted by atomic mass is 10.1. The summed E-state index contributed by atoms with van der Waals surface area (Å²) in [6.07, 6.45) is 0.724. The summed E-state index contributed by atoms with van der Waals surface area (Å²) in [5.41, 5.74) is 2.83. The number of nitrogens with zero attached hydrogens (tertiary/aromatic N) is 2. The zero-order valence-electron chi connectivity index (χ0n) is 14.0. The van der Waals surface area contributed by atoms with Crippen molar-refractivity contribution in [2.45, 2.75) is 38.6 Å². The highest BCUT2D eigenvalue weighted by atomic mass is 32.2. The standard InChI is InChI=1S/C16H22N4O3S/c1-11-5-6-14(10-15(11)24(17,22)23)16(21)18-7-4-8-20-13(3)9-12(2)19-20/h5-6,9-10H,4,7-8H2,1-3H3,(H,18,21)(H2,17,22,23). The van der Waals surface area contributed by atoms with Gasteiger partial charge in [-0.1, -0.05) is 6.07 Å². The molecule has 0 aliphatic heterocycles. The van der Waals surface area contributed by atoms with Gasteiger partial charge in [-0.3, -0.25) is 9.48 Å². The Kier molecular flexibility index (Phi) is 5.40. The molecule has 0 aliphatic rings. The van der Waals surface area contributed by atoms with Gasteiger partial charge in [-0.25, -0.2) is 13.6 Å². The lowest BCUT2D eigenvalue weighted by molar-refractivity contribution is 0.0952. The first-order valence-corrected chi connectivity index (χ1v) is 9.16. The molecule has 0 spiro atoms. The van der Waals surface area contributed by atoms with Crippen LogP contribution in [0.1, 0.15) is 33.7 Å². The van der Waals surface area contributed by atoms with Crippen molar-refractivity contribution in [1.82, 2.24) is 15.1 Å². The van der Waals surface area contributed by atoms with Crippen molar-refractivity contribution >= 4 is 15.9 Å². The van der Waals surface area contributed by atoms with Gasteiger partial charge in [0, 0.05) is 24.3 Å². The van der Waals surface area contributed by atoms with Gasteiger partial charge in [0.25, 0.3) is 5.91 Å². The minimum atomic E-state index is -3.84. The van der Waals surface area contributed by atoms with Gasteiger partial charge in [0.2, 0.25) is 10.0 Å². The summed E-state index contributed by atoms with van der Waals surface area (Å²) in [7, 11) is -3.84. The third kappa shape index (κ3) is 4.42. The van der Waals surface area contributed by atoms with Crippen LogP contribution in [0.15, 0.2) is 29.2 Å². The number of aromatic nitrogens is 2. The van der Waals surface area contributed by atoms with Crippen molar-refractivity contribution in [3.8, 4) is 0 Å². The van der Waals surface area contributed by atoms with Gasteiger partial charge in [0.05, 0.1) is 10.6 Å². The first-order valence-electron chi connectivity index (χ1n) is 7.61. The molecule has 0 atom stereocenters. The van der Waals surface area contributed by atoms with Crippen LogP contribution in [0.3, 0.4) is 0 Å². The molecule has 0 saturated heterocycles. The molecule has 0 bridgehead atoms. The Labute approximate surface area is 141 Å². The van der Waals surface area contributed by atoms with Crippen LogP contribution in [0.4, 0.5) is 0 Å². The van der Waals surface area contributed by atoms with Crippen LogP contribution in [0.25, 0.3) is 0 Å². The monoisotopic (exact) mass is 350 g/mol. The molecular weight excluding hydrogens is 328 g/mol. The summed E-state index contributed by atoms with van der Waals surface area (Å²) >= 11 is 0. The number of nitrogens with two attached hydrogens (primary N) is 1. The minimum absolute atomic E-state index is 0.0298. The van der Waals surface area contributed by atoms with E-state index in [4.69, 9.17) is 5.14 Å². The predicted octanol–water partition coefficient (Wildman–Crippen LogP) is 1.28. The molecule has 2 rings (SSSR count). The van der Waals surface area contributed by atoms with E-state index < -0.39 is 10.0 Å². The lowest BCUT2D eigenvalue weighted by Gasteiger charge is -2.09. The van der Waals surface area contributed by atoms with Gasteiger partial charge in [-0.2, -0.15) is 5.10 Å². The van der Waals surface area contributed by atoms with Crippen molar-refractivity contribution < 1.29 is 13.2 Å². The van der Waals surface area contributed by atoms with E-state index in [1.165, 1.54) is 6.07 Å². The first-order chi connectivity index (χ1) is 11.2. The summed E-state index contributed by atoms with van der Waals surface area (Å²) in [5, 5.41) is 12.3. The molecule has 0 aliphatic carbocycles. The SMILES string of the molecule is Cc1cc(C)n(CCCNC(=O)c2ccc(C)c(S(N)(=O)=O)c2)n1. The molecule has 130 valence electrons. The Morgan fingerprint density at radius 3 is 2.54 bits per heavy atom. The van der Waals surface area contributed by atoms with Crippen LogP contribution in [-0.4, -0.2) is 30.7 Å². The topological polar surface area (TPSA) is 107 Å². The molecule has 7 nitrogen and oxygen atoms in total. The second-order valence-electron chi connectivity index (χ2n) is 5.78. The molecule has 3 N–H and O–H groups in total. The highest BCUT2D eigenvalue weighted by Crippen LogP contribution is 2.15. The van der Waals surface area contributed by atoms with Crippen LogP contribution in [-0.2, 0) is 16.6 Å². The maximum atomic E-state index is 12.1. The molecule has 8 heteroatoms. The Balaban J connectivity index is 1.94. The van der Waals surface area contributed by atoms with E-state index in [-0.39, 0.29) is 16.4 Å². The minimum Gasteiger partial charge on any atom is -0.352 e. The number of carbonyl (C=O) groups excluding carboxylic acids is 1. The highest BCUT2D eigenvalue weighted by Gasteiger charge is 2.15. The number of hydrogen-bond acceptors (Lipinski definition) is 4. The average Bonchev–Trinajstić information content (AvgIpc) is 2.80. The van der Waals surface area contributed by atoms with Crippen LogP contribution >= 0.6 is 0 Å². The van der Waals surface area contributed by atoms with Crippen molar-refractivity contribution in [3.05, 3.63) is 46.8 Å². The van der Waals surface area contributed by atoms with E-state index >= 15 is 0 Å². The number of primary sulfonamides is 1. The van der Waals surface area contributed by atoms with Crippen molar-refractivity contribution in [1.29, 1.82) is 0 Å². The highest BCUT2D eigenvalue weighted by molar-refractivity contribution is 7.89. The number of benzene rings is 1. The number of amides is 1. The number of hydrogen-bond donors (Lipinski definition) is 2. The Morgan fingerprint density at radius 1 is 1.25 bits per heavy atom. The molecule has 1 aromatic heterocycles. The third-order valence-electron chi connectivity index (χ3n) is 3.69. The van der Waals surface area contributed by atoms with E-state index in [1.807, 2.05) is 24.6 Å². The van der Waals surface area contributed by atoms with Gasteiger partial charge in [-0.05, 0) is 51.0 Å². The number of aryl methyl sites for hydroxylation is 4. The average molecular weight is 350 g/mol. The fourth-order valence-corrected chi connectivity index (χ4v) is 3.29. The van der Waals surface area contributed by atoms with Crippen molar-refractivity contribution in [3.63, 3.8) is 0 Å². The summed E-state index contributed by atoms with van der Waals surface area (Å²) in [4.78, 5) is 12.1. The summed E-state index contributed by atoms with van der Waals surface area (Å²) in [6, 6.07) is 6.46. The van der Waals surface area contributed by atoms with Crippen molar-refractivity contribution in [2.24, 2.45) is 5.14 Å². The molecule has 0 unspecified atom stereocenters. The number of sulfonamides is 1. The van der Waals surface area contributed by atoms with Crippen molar-refractivity contribution in [2.75, 3.05) is 6.54 Å². The van der Waals surface area contributed by atoms with E-state index in [0.29, 0.717) is 18.7 Å². The summed E-state index contributed by atoms with van der Waals surface area (Å²) in [5.74, 6) is -0.326. The largest absolute Gasteiger partial charge is 0.352 e. The number of rotatable bonds is 6. The number of carbonyl (C=O) groups is 1. The molecule has 2 aromatic rings. The second-order valence-corrected chi connectivity index (χ2v) is 7.31. The normalized spacial score (nSPS) is 11.5. The predicted molar refractivity (Wildman–Crippen MR) is 91.2 cm³/mol. The lowest BCUT2D eigenvalue weighted by Crippen LogP contribution is -2.26. The van der Waals surface area contributed by atoms with Gasteiger partial charge >= 0.3 is 0 Å². The Morgan fingerprint density at radius 2 is 1.96 bits per heavy atom. The summed E-state index contributed by atoms with van der Waals surface area (Å²) < 4.78 is 24.9. The second kappa shape index (κ2) is 7.14. The molecule has 1 aromatic carbocycles. The van der Waals surface area contributed by atoms with Gasteiger partial charge < -0.3 is 5.32 Å². The zero-order valence-corrected chi connectivity index (χ0v) is 14.9. The first kappa shape index (κ1) is 18.2. The molecule has 0 radical (unpaired) electrons. The van der Waals surface area contributed by atoms with E-state index in [0.717, 1.165) is 17.8 Å². The van der Waals surface area contributed by atoms with Gasteiger partial charge in [0.1, 0.15) is 0 Å². The maximum absolute atomic E-state index is 12.1. The van der Waals surface area contributed by atoms with Gasteiger partial charge in [0.15, 0.2) is 0 Å². The smallest absolute Gasteiger partial charge is 0.251 e. The van der Waals surface area contributed by atoms with E-state index in [1.54, 1.807) is 19.1 Å².